The van der Waals surface area contributed by atoms with Gasteiger partial charge in [0.15, 0.2) is 6.29 Å². The Bertz CT molecular complexity index is 869. The number of hydrogen-bond acceptors (Lipinski definition) is 13. The standard InChI is InChI=1S/C20H28N2O13/c1-8(25)21-13-15(27)18(35-20-17(29)16(28)14(26)11(6-23)33-20)12(7-24)34-19(13)32-10-4-2-9(3-5-10)22(30)31/h2-5,11-20,23-24,26-29H,6-7H2,1H3,(H,21,25)/t11?,12?,13?,14-,15?,16?,17?,18+,19+,20-/m0/s1. The van der Waals surface area contributed by atoms with Crippen molar-refractivity contribution in [1.29, 1.82) is 0 Å². The Morgan fingerprint density at radius 1 is 0.971 bits per heavy atom. The van der Waals surface area contributed by atoms with Gasteiger partial charge in [-0.05, 0) is 12.1 Å². The second kappa shape index (κ2) is 11.5. The first kappa shape index (κ1) is 27.1. The van der Waals surface area contributed by atoms with E-state index in [1.54, 1.807) is 0 Å². The molecule has 2 fully saturated rings. The molecule has 2 aliphatic heterocycles. The van der Waals surface area contributed by atoms with E-state index in [0.29, 0.717) is 0 Å². The van der Waals surface area contributed by atoms with E-state index in [9.17, 15) is 45.5 Å². The molecule has 0 aromatic heterocycles. The molecular weight excluding hydrogens is 476 g/mol. The van der Waals surface area contributed by atoms with Gasteiger partial charge in [0.05, 0.1) is 18.1 Å². The van der Waals surface area contributed by atoms with Crippen LogP contribution in [0, 0.1) is 10.1 Å². The second-order valence-corrected chi connectivity index (χ2v) is 8.11. The van der Waals surface area contributed by atoms with Gasteiger partial charge in [-0.2, -0.15) is 0 Å². The molecule has 35 heavy (non-hydrogen) atoms. The van der Waals surface area contributed by atoms with Crippen LogP contribution in [0.25, 0.3) is 0 Å². The Kier molecular flexibility index (Phi) is 8.92. The average molecular weight is 504 g/mol. The highest BCUT2D eigenvalue weighted by atomic mass is 16.7. The molecule has 3 rings (SSSR count). The summed E-state index contributed by atoms with van der Waals surface area (Å²) in [7, 11) is 0. The number of nitro benzene ring substituents is 1. The van der Waals surface area contributed by atoms with Crippen LogP contribution in [0.5, 0.6) is 5.75 Å². The van der Waals surface area contributed by atoms with Crippen molar-refractivity contribution in [3.63, 3.8) is 0 Å². The lowest BCUT2D eigenvalue weighted by molar-refractivity contribution is -0.384. The molecule has 2 saturated heterocycles. The van der Waals surface area contributed by atoms with Crippen LogP contribution in [0.3, 0.4) is 0 Å². The topological polar surface area (TPSA) is 231 Å². The van der Waals surface area contributed by atoms with Gasteiger partial charge in [-0.1, -0.05) is 0 Å². The van der Waals surface area contributed by atoms with Crippen LogP contribution >= 0.6 is 0 Å². The van der Waals surface area contributed by atoms with Gasteiger partial charge in [-0.3, -0.25) is 14.9 Å². The predicted molar refractivity (Wildman–Crippen MR) is 112 cm³/mol. The third kappa shape index (κ3) is 6.03. The smallest absolute Gasteiger partial charge is 0.269 e. The van der Waals surface area contributed by atoms with Gasteiger partial charge < -0.3 is 54.9 Å². The van der Waals surface area contributed by atoms with Gasteiger partial charge in [0.2, 0.25) is 12.2 Å². The van der Waals surface area contributed by atoms with E-state index >= 15 is 0 Å². The normalized spacial score (nSPS) is 37.5. The summed E-state index contributed by atoms with van der Waals surface area (Å²) in [5.74, 6) is -0.475. The lowest BCUT2D eigenvalue weighted by Crippen LogP contribution is -2.68. The molecule has 0 radical (unpaired) electrons. The Morgan fingerprint density at radius 3 is 2.11 bits per heavy atom. The average Bonchev–Trinajstić information content (AvgIpc) is 2.83. The van der Waals surface area contributed by atoms with Crippen molar-refractivity contribution in [2.45, 2.75) is 68.3 Å². The summed E-state index contributed by atoms with van der Waals surface area (Å²) in [6.45, 7) is -0.259. The highest BCUT2D eigenvalue weighted by molar-refractivity contribution is 5.73. The number of nitrogens with zero attached hydrogens (tertiary/aromatic N) is 1. The number of benzene rings is 1. The molecule has 15 heteroatoms. The summed E-state index contributed by atoms with van der Waals surface area (Å²) < 4.78 is 22.2. The summed E-state index contributed by atoms with van der Waals surface area (Å²) in [5, 5.41) is 73.7. The molecular formula is C20H28N2O13. The molecule has 1 aromatic carbocycles. The van der Waals surface area contributed by atoms with E-state index in [2.05, 4.69) is 5.32 Å². The van der Waals surface area contributed by atoms with E-state index in [1.165, 1.54) is 31.2 Å². The van der Waals surface area contributed by atoms with Crippen LogP contribution < -0.4 is 10.1 Å². The van der Waals surface area contributed by atoms with Gasteiger partial charge >= 0.3 is 0 Å². The Labute approximate surface area is 198 Å². The molecule has 7 N–H and O–H groups in total. The number of rotatable bonds is 8. The predicted octanol–water partition coefficient (Wildman–Crippen LogP) is -3.26. The summed E-state index contributed by atoms with van der Waals surface area (Å²) in [4.78, 5) is 22.0. The number of aliphatic hydroxyl groups is 6. The summed E-state index contributed by atoms with van der Waals surface area (Å²) >= 11 is 0. The highest BCUT2D eigenvalue weighted by Gasteiger charge is 2.51. The molecule has 10 atom stereocenters. The van der Waals surface area contributed by atoms with Crippen molar-refractivity contribution in [1.82, 2.24) is 5.32 Å². The molecule has 2 aliphatic rings. The zero-order chi connectivity index (χ0) is 25.9. The zero-order valence-electron chi connectivity index (χ0n) is 18.5. The fourth-order valence-electron chi connectivity index (χ4n) is 3.84. The quantitative estimate of drug-likeness (QED) is 0.136. The number of non-ortho nitro benzene ring substituents is 1. The minimum atomic E-state index is -1.78. The van der Waals surface area contributed by atoms with E-state index in [1.807, 2.05) is 0 Å². The van der Waals surface area contributed by atoms with Crippen LogP contribution in [-0.4, -0.2) is 116 Å². The lowest BCUT2D eigenvalue weighted by Gasteiger charge is -2.47. The van der Waals surface area contributed by atoms with Crippen molar-refractivity contribution in [2.75, 3.05) is 13.2 Å². The highest BCUT2D eigenvalue weighted by Crippen LogP contribution is 2.30. The van der Waals surface area contributed by atoms with Crippen molar-refractivity contribution in [3.05, 3.63) is 34.4 Å². The molecule has 0 aliphatic carbocycles. The first-order valence-corrected chi connectivity index (χ1v) is 10.7. The van der Waals surface area contributed by atoms with Crippen LogP contribution in [0.15, 0.2) is 24.3 Å². The van der Waals surface area contributed by atoms with Gasteiger partial charge in [0.1, 0.15) is 54.5 Å². The Hall–Kier alpha value is -2.47. The molecule has 196 valence electrons. The SMILES string of the molecule is CC(=O)NC1C(O)[C@H](O[C@@H]2OC(CO)[C@H](O)C(O)C2O)C(CO)O[C@H]1Oc1ccc([N+](=O)[O-])cc1. The molecule has 15 nitrogen and oxygen atoms in total. The molecule has 0 spiro atoms. The fourth-order valence-corrected chi connectivity index (χ4v) is 3.84. The fraction of sp³-hybridized carbons (Fsp3) is 0.650. The number of nitrogens with one attached hydrogen (secondary N) is 1. The van der Waals surface area contributed by atoms with Crippen LogP contribution in [0.2, 0.25) is 0 Å². The van der Waals surface area contributed by atoms with Crippen LogP contribution in [0.4, 0.5) is 5.69 Å². The van der Waals surface area contributed by atoms with E-state index in [-0.39, 0.29) is 11.4 Å². The monoisotopic (exact) mass is 504 g/mol. The minimum Gasteiger partial charge on any atom is -0.463 e. The first-order valence-electron chi connectivity index (χ1n) is 10.7. The Morgan fingerprint density at radius 2 is 1.57 bits per heavy atom. The lowest BCUT2D eigenvalue weighted by atomic mass is 9.95. The number of nitro groups is 1. The second-order valence-electron chi connectivity index (χ2n) is 8.11. The van der Waals surface area contributed by atoms with E-state index < -0.39 is 85.4 Å². The van der Waals surface area contributed by atoms with Crippen molar-refractivity contribution < 1.29 is 59.3 Å². The summed E-state index contributed by atoms with van der Waals surface area (Å²) in [6.07, 6.45) is -13.8. The molecule has 1 amide bonds. The van der Waals surface area contributed by atoms with Crippen LogP contribution in [0.1, 0.15) is 6.92 Å². The number of hydrogen-bond donors (Lipinski definition) is 7. The number of ether oxygens (including phenoxy) is 4. The van der Waals surface area contributed by atoms with Gasteiger partial charge in [0, 0.05) is 19.1 Å². The minimum absolute atomic E-state index is 0.105. The number of amides is 1. The number of carbonyl (C=O) groups is 1. The molecule has 2 heterocycles. The van der Waals surface area contributed by atoms with Crippen LogP contribution in [-0.2, 0) is 19.0 Å². The third-order valence-corrected chi connectivity index (χ3v) is 5.66. The third-order valence-electron chi connectivity index (χ3n) is 5.66. The first-order chi connectivity index (χ1) is 16.6. The van der Waals surface area contributed by atoms with Crippen molar-refractivity contribution >= 4 is 11.6 Å². The Balaban J connectivity index is 1.81. The van der Waals surface area contributed by atoms with Crippen molar-refractivity contribution in [2.24, 2.45) is 0 Å². The summed E-state index contributed by atoms with van der Waals surface area (Å²) in [6, 6.07) is 3.64. The molecule has 0 saturated carbocycles. The molecule has 1 aromatic rings. The molecule has 0 bridgehead atoms. The maximum Gasteiger partial charge on any atom is 0.269 e. The van der Waals surface area contributed by atoms with Gasteiger partial charge in [0.25, 0.3) is 5.69 Å². The van der Waals surface area contributed by atoms with Crippen molar-refractivity contribution in [3.8, 4) is 5.75 Å². The van der Waals surface area contributed by atoms with Gasteiger partial charge in [-0.25, -0.2) is 0 Å². The summed E-state index contributed by atoms with van der Waals surface area (Å²) in [5.41, 5.74) is -0.193. The zero-order valence-corrected chi connectivity index (χ0v) is 18.5. The number of carbonyl (C=O) groups excluding carboxylic acids is 1. The van der Waals surface area contributed by atoms with E-state index in [0.717, 1.165) is 0 Å². The number of aliphatic hydroxyl groups excluding tert-OH is 6. The van der Waals surface area contributed by atoms with Gasteiger partial charge in [-0.15, -0.1) is 0 Å². The maximum atomic E-state index is 11.8. The van der Waals surface area contributed by atoms with E-state index in [4.69, 9.17) is 18.9 Å². The maximum absolute atomic E-state index is 11.8. The largest absolute Gasteiger partial charge is 0.463 e. The molecule has 6 unspecified atom stereocenters.